The van der Waals surface area contributed by atoms with Crippen LogP contribution in [0.1, 0.15) is 67.1 Å². The Hall–Kier alpha value is -2.46. The second kappa shape index (κ2) is 7.35. The van der Waals surface area contributed by atoms with Gasteiger partial charge in [-0.1, -0.05) is 11.6 Å². The standard InChI is InChI=1S/C20H25N5O4S/c21-19-10-16(6-7-22-19)30(27,28)25-14-2-1-3-15(25)9-13(8-14)23-20(26)17-11-18(29-24-17)12-4-5-12/h6-7,10-15H,1-5,8-9H2,(H2,21,22)(H,23,26)/t13?,14-,15+. The zero-order valence-corrected chi connectivity index (χ0v) is 17.3. The van der Waals surface area contributed by atoms with Crippen LogP contribution in [0.25, 0.3) is 0 Å². The van der Waals surface area contributed by atoms with E-state index in [1.54, 1.807) is 10.4 Å². The number of carbonyl (C=O) groups excluding carboxylic acids is 1. The third-order valence-corrected chi connectivity index (χ3v) is 8.31. The Morgan fingerprint density at radius 2 is 1.90 bits per heavy atom. The van der Waals surface area contributed by atoms with Gasteiger partial charge in [0, 0.05) is 42.4 Å². The third-order valence-electron chi connectivity index (χ3n) is 6.31. The van der Waals surface area contributed by atoms with Crippen LogP contribution in [0.4, 0.5) is 5.82 Å². The topological polar surface area (TPSA) is 131 Å². The molecule has 0 radical (unpaired) electrons. The highest BCUT2D eigenvalue weighted by Gasteiger charge is 2.45. The summed E-state index contributed by atoms with van der Waals surface area (Å²) in [5.41, 5.74) is 6.00. The zero-order valence-electron chi connectivity index (χ0n) is 16.5. The number of hydrogen-bond donors (Lipinski definition) is 2. The number of aromatic nitrogens is 2. The van der Waals surface area contributed by atoms with Crippen molar-refractivity contribution in [2.45, 2.75) is 73.9 Å². The number of amides is 1. The van der Waals surface area contributed by atoms with Crippen molar-refractivity contribution < 1.29 is 17.7 Å². The molecular weight excluding hydrogens is 406 g/mol. The molecule has 3 N–H and O–H groups in total. The van der Waals surface area contributed by atoms with Gasteiger partial charge in [0.15, 0.2) is 5.69 Å². The van der Waals surface area contributed by atoms with Gasteiger partial charge in [-0.15, -0.1) is 0 Å². The highest BCUT2D eigenvalue weighted by Crippen LogP contribution is 2.40. The van der Waals surface area contributed by atoms with Crippen LogP contribution in [0.15, 0.2) is 33.8 Å². The molecule has 4 heterocycles. The fraction of sp³-hybridized carbons (Fsp3) is 0.550. The third kappa shape index (κ3) is 3.58. The molecule has 1 amide bonds. The minimum absolute atomic E-state index is 0.0946. The molecule has 2 bridgehead atoms. The van der Waals surface area contributed by atoms with E-state index in [-0.39, 0.29) is 34.7 Å². The van der Waals surface area contributed by atoms with Crippen molar-refractivity contribution in [2.24, 2.45) is 0 Å². The van der Waals surface area contributed by atoms with Crippen LogP contribution in [-0.2, 0) is 10.0 Å². The van der Waals surface area contributed by atoms with Crippen molar-refractivity contribution in [1.82, 2.24) is 19.8 Å². The lowest BCUT2D eigenvalue weighted by Gasteiger charge is -2.47. The average molecular weight is 432 g/mol. The van der Waals surface area contributed by atoms with Crippen molar-refractivity contribution in [3.63, 3.8) is 0 Å². The first-order chi connectivity index (χ1) is 14.4. The van der Waals surface area contributed by atoms with Gasteiger partial charge < -0.3 is 15.6 Å². The Balaban J connectivity index is 1.31. The molecule has 3 fully saturated rings. The van der Waals surface area contributed by atoms with Gasteiger partial charge in [0.05, 0.1) is 4.90 Å². The lowest BCUT2D eigenvalue weighted by Crippen LogP contribution is -2.58. The number of carbonyl (C=O) groups is 1. The molecule has 30 heavy (non-hydrogen) atoms. The van der Waals surface area contributed by atoms with Crippen molar-refractivity contribution in [3.8, 4) is 0 Å². The van der Waals surface area contributed by atoms with Crippen LogP contribution >= 0.6 is 0 Å². The number of nitrogen functional groups attached to an aromatic ring is 1. The van der Waals surface area contributed by atoms with E-state index >= 15 is 0 Å². The summed E-state index contributed by atoms with van der Waals surface area (Å²) in [5, 5.41) is 6.95. The maximum atomic E-state index is 13.3. The van der Waals surface area contributed by atoms with E-state index in [0.717, 1.165) is 37.9 Å². The molecule has 0 spiro atoms. The number of fused-ring (bicyclic) bond motifs is 2. The lowest BCUT2D eigenvalue weighted by molar-refractivity contribution is 0.0790. The van der Waals surface area contributed by atoms with Crippen molar-refractivity contribution in [3.05, 3.63) is 35.9 Å². The fourth-order valence-corrected chi connectivity index (χ4v) is 6.69. The van der Waals surface area contributed by atoms with Gasteiger partial charge in [-0.3, -0.25) is 4.79 Å². The number of rotatable bonds is 5. The molecule has 2 aromatic heterocycles. The number of piperidine rings is 2. The van der Waals surface area contributed by atoms with Gasteiger partial charge in [0.1, 0.15) is 11.6 Å². The summed E-state index contributed by atoms with van der Waals surface area (Å²) in [6, 6.07) is 4.21. The van der Waals surface area contributed by atoms with Crippen LogP contribution < -0.4 is 11.1 Å². The van der Waals surface area contributed by atoms with Gasteiger partial charge in [-0.25, -0.2) is 13.4 Å². The summed E-state index contributed by atoms with van der Waals surface area (Å²) >= 11 is 0. The molecule has 5 rings (SSSR count). The number of nitrogens with one attached hydrogen (secondary N) is 1. The Bertz CT molecular complexity index is 1050. The largest absolute Gasteiger partial charge is 0.384 e. The normalized spacial score (nSPS) is 27.0. The van der Waals surface area contributed by atoms with Crippen LogP contribution in [0.3, 0.4) is 0 Å². The summed E-state index contributed by atoms with van der Waals surface area (Å²) < 4.78 is 33.5. The van der Waals surface area contributed by atoms with E-state index in [2.05, 4.69) is 15.5 Å². The molecule has 10 heteroatoms. The predicted molar refractivity (Wildman–Crippen MR) is 108 cm³/mol. The van der Waals surface area contributed by atoms with Crippen LogP contribution in [0.2, 0.25) is 0 Å². The molecular formula is C20H25N5O4S. The predicted octanol–water partition coefficient (Wildman–Crippen LogP) is 2.03. The molecule has 1 saturated carbocycles. The zero-order chi connectivity index (χ0) is 20.9. The molecule has 9 nitrogen and oxygen atoms in total. The summed E-state index contributed by atoms with van der Waals surface area (Å²) in [7, 11) is -3.67. The maximum Gasteiger partial charge on any atom is 0.273 e. The number of anilines is 1. The Morgan fingerprint density at radius 3 is 2.57 bits per heavy atom. The molecule has 2 aromatic rings. The Kier molecular flexibility index (Phi) is 4.78. The lowest BCUT2D eigenvalue weighted by atomic mass is 9.84. The highest BCUT2D eigenvalue weighted by atomic mass is 32.2. The van der Waals surface area contributed by atoms with Gasteiger partial charge in [0.2, 0.25) is 10.0 Å². The van der Waals surface area contributed by atoms with Crippen molar-refractivity contribution in [2.75, 3.05) is 5.73 Å². The Labute approximate surface area is 175 Å². The smallest absolute Gasteiger partial charge is 0.273 e. The second-order valence-electron chi connectivity index (χ2n) is 8.52. The van der Waals surface area contributed by atoms with Gasteiger partial charge in [0.25, 0.3) is 5.91 Å². The molecule has 0 aromatic carbocycles. The number of nitrogens with two attached hydrogens (primary N) is 1. The first kappa shape index (κ1) is 19.5. The number of nitrogens with zero attached hydrogens (tertiary/aromatic N) is 3. The molecule has 2 aliphatic heterocycles. The molecule has 160 valence electrons. The van der Waals surface area contributed by atoms with Gasteiger partial charge >= 0.3 is 0 Å². The molecule has 1 aliphatic carbocycles. The second-order valence-corrected chi connectivity index (χ2v) is 10.4. The molecule has 2 saturated heterocycles. The summed E-state index contributed by atoms with van der Waals surface area (Å²) in [4.78, 5) is 16.7. The fourth-order valence-electron chi connectivity index (χ4n) is 4.77. The molecule has 1 unspecified atom stereocenters. The minimum atomic E-state index is -3.67. The van der Waals surface area contributed by atoms with E-state index in [9.17, 15) is 13.2 Å². The molecule has 3 atom stereocenters. The first-order valence-electron chi connectivity index (χ1n) is 10.4. The average Bonchev–Trinajstić information content (AvgIpc) is 3.43. The Morgan fingerprint density at radius 1 is 1.17 bits per heavy atom. The first-order valence-corrected chi connectivity index (χ1v) is 11.9. The number of pyridine rings is 1. The monoisotopic (exact) mass is 431 g/mol. The van der Waals surface area contributed by atoms with Crippen molar-refractivity contribution in [1.29, 1.82) is 0 Å². The van der Waals surface area contributed by atoms with E-state index < -0.39 is 10.0 Å². The highest BCUT2D eigenvalue weighted by molar-refractivity contribution is 7.89. The van der Waals surface area contributed by atoms with Crippen LogP contribution in [-0.4, -0.2) is 46.9 Å². The minimum Gasteiger partial charge on any atom is -0.384 e. The summed E-state index contributed by atoms with van der Waals surface area (Å²) in [5.74, 6) is 1.09. The van der Waals surface area contributed by atoms with Gasteiger partial charge in [-0.2, -0.15) is 4.31 Å². The summed E-state index contributed by atoms with van der Waals surface area (Å²) in [6.45, 7) is 0. The van der Waals surface area contributed by atoms with Gasteiger partial charge in [-0.05, 0) is 44.6 Å². The number of hydrogen-bond acceptors (Lipinski definition) is 7. The van der Waals surface area contributed by atoms with Crippen LogP contribution in [0, 0.1) is 0 Å². The summed E-state index contributed by atoms with van der Waals surface area (Å²) in [6.07, 6.45) is 7.26. The van der Waals surface area contributed by atoms with E-state index in [4.69, 9.17) is 10.3 Å². The van der Waals surface area contributed by atoms with E-state index in [0.29, 0.717) is 24.5 Å². The van der Waals surface area contributed by atoms with E-state index in [1.165, 1.54) is 18.3 Å². The number of sulfonamides is 1. The van der Waals surface area contributed by atoms with Crippen LogP contribution in [0.5, 0.6) is 0 Å². The van der Waals surface area contributed by atoms with Crippen molar-refractivity contribution >= 4 is 21.7 Å². The SMILES string of the molecule is Nc1cc(S(=O)(=O)N2[C@@H]3CCC[C@H]2CC(NC(=O)c2cc(C4CC4)on2)C3)ccn1. The molecule has 3 aliphatic rings. The van der Waals surface area contributed by atoms with E-state index in [1.807, 2.05) is 0 Å². The maximum absolute atomic E-state index is 13.3. The quantitative estimate of drug-likeness (QED) is 0.740.